The molecule has 0 aliphatic heterocycles. The summed E-state index contributed by atoms with van der Waals surface area (Å²) in [7, 11) is 0. The standard InChI is InChI=1S/C14H14BrFN2O2S/c1-14(3-2-4-14)18-11-5-8(15)9(16)6-10(11)17-13(18)21-7-12(19)20/h5-6H,2-4,7H2,1H3,(H,19,20). The Morgan fingerprint density at radius 3 is 2.86 bits per heavy atom. The third kappa shape index (κ3) is 2.57. The zero-order valence-corrected chi connectivity index (χ0v) is 13.8. The lowest BCUT2D eigenvalue weighted by molar-refractivity contribution is -0.133. The fourth-order valence-corrected chi connectivity index (χ4v) is 3.90. The van der Waals surface area contributed by atoms with Crippen LogP contribution in [-0.4, -0.2) is 26.4 Å². The highest BCUT2D eigenvalue weighted by Crippen LogP contribution is 2.44. The Balaban J connectivity index is 2.15. The minimum atomic E-state index is -0.885. The number of thioether (sulfide) groups is 1. The van der Waals surface area contributed by atoms with Crippen molar-refractivity contribution >= 4 is 44.7 Å². The molecule has 0 amide bonds. The Kier molecular flexibility index (Phi) is 3.73. The van der Waals surface area contributed by atoms with E-state index in [1.54, 1.807) is 6.07 Å². The van der Waals surface area contributed by atoms with Gasteiger partial charge in [0, 0.05) is 11.6 Å². The summed E-state index contributed by atoms with van der Waals surface area (Å²) in [6.07, 6.45) is 3.18. The lowest BCUT2D eigenvalue weighted by atomic mass is 9.78. The number of carboxylic acids is 1. The molecule has 1 heterocycles. The Hall–Kier alpha value is -1.08. The molecule has 1 fully saturated rings. The largest absolute Gasteiger partial charge is 0.481 e. The normalized spacial score (nSPS) is 16.9. The van der Waals surface area contributed by atoms with Crippen molar-refractivity contribution < 1.29 is 14.3 Å². The first kappa shape index (κ1) is 14.8. The molecule has 0 bridgehead atoms. The first-order valence-corrected chi connectivity index (χ1v) is 8.41. The minimum Gasteiger partial charge on any atom is -0.481 e. The van der Waals surface area contributed by atoms with E-state index in [0.29, 0.717) is 15.1 Å². The molecule has 2 aromatic rings. The van der Waals surface area contributed by atoms with E-state index in [4.69, 9.17) is 5.11 Å². The maximum Gasteiger partial charge on any atom is 0.313 e. The smallest absolute Gasteiger partial charge is 0.313 e. The van der Waals surface area contributed by atoms with Crippen LogP contribution in [0.15, 0.2) is 21.8 Å². The molecule has 0 spiro atoms. The van der Waals surface area contributed by atoms with E-state index in [1.807, 2.05) is 0 Å². The summed E-state index contributed by atoms with van der Waals surface area (Å²) >= 11 is 4.39. The van der Waals surface area contributed by atoms with E-state index in [2.05, 4.69) is 32.4 Å². The van der Waals surface area contributed by atoms with Crippen molar-refractivity contribution in [3.63, 3.8) is 0 Å². The molecule has 1 aliphatic rings. The number of carboxylic acid groups (broad SMARTS) is 1. The molecule has 1 saturated carbocycles. The molecule has 0 saturated heterocycles. The summed E-state index contributed by atoms with van der Waals surface area (Å²) < 4.78 is 16.2. The Bertz CT molecular complexity index is 727. The van der Waals surface area contributed by atoms with Crippen LogP contribution in [0.1, 0.15) is 26.2 Å². The van der Waals surface area contributed by atoms with Crippen molar-refractivity contribution in [3.05, 3.63) is 22.4 Å². The van der Waals surface area contributed by atoms with Gasteiger partial charge in [-0.1, -0.05) is 11.8 Å². The number of carbonyl (C=O) groups is 1. The van der Waals surface area contributed by atoms with Crippen LogP contribution in [0.2, 0.25) is 0 Å². The van der Waals surface area contributed by atoms with Crippen molar-refractivity contribution in [1.82, 2.24) is 9.55 Å². The molecular weight excluding hydrogens is 359 g/mol. The van der Waals surface area contributed by atoms with Gasteiger partial charge in [-0.3, -0.25) is 4.79 Å². The summed E-state index contributed by atoms with van der Waals surface area (Å²) in [5, 5.41) is 9.52. The quantitative estimate of drug-likeness (QED) is 0.823. The number of fused-ring (bicyclic) bond motifs is 1. The maximum absolute atomic E-state index is 13.7. The summed E-state index contributed by atoms with van der Waals surface area (Å²) in [5.41, 5.74) is 1.35. The number of hydrogen-bond acceptors (Lipinski definition) is 3. The van der Waals surface area contributed by atoms with Crippen LogP contribution in [0.5, 0.6) is 0 Å². The predicted molar refractivity (Wildman–Crippen MR) is 83.2 cm³/mol. The van der Waals surface area contributed by atoms with Gasteiger partial charge in [-0.2, -0.15) is 0 Å². The van der Waals surface area contributed by atoms with Crippen LogP contribution in [-0.2, 0) is 10.3 Å². The van der Waals surface area contributed by atoms with Gasteiger partial charge in [0.05, 0.1) is 21.3 Å². The summed E-state index contributed by atoms with van der Waals surface area (Å²) in [6.45, 7) is 2.14. The van der Waals surface area contributed by atoms with Gasteiger partial charge in [0.15, 0.2) is 5.16 Å². The average Bonchev–Trinajstić information content (AvgIpc) is 2.72. The fourth-order valence-electron chi connectivity index (χ4n) is 2.71. The van der Waals surface area contributed by atoms with E-state index >= 15 is 0 Å². The molecule has 21 heavy (non-hydrogen) atoms. The SMILES string of the molecule is CC1(n2c(SCC(=O)O)nc3cc(F)c(Br)cc32)CCC1. The van der Waals surface area contributed by atoms with Gasteiger partial charge < -0.3 is 9.67 Å². The second kappa shape index (κ2) is 5.28. The Morgan fingerprint density at radius 1 is 1.57 bits per heavy atom. The van der Waals surface area contributed by atoms with E-state index in [9.17, 15) is 9.18 Å². The van der Waals surface area contributed by atoms with Gasteiger partial charge in [-0.25, -0.2) is 9.37 Å². The molecule has 112 valence electrons. The van der Waals surface area contributed by atoms with Gasteiger partial charge >= 0.3 is 5.97 Å². The number of aromatic nitrogens is 2. The lowest BCUT2D eigenvalue weighted by Crippen LogP contribution is -2.37. The van der Waals surface area contributed by atoms with E-state index < -0.39 is 5.97 Å². The number of rotatable bonds is 4. The average molecular weight is 373 g/mol. The van der Waals surface area contributed by atoms with Gasteiger partial charge in [0.1, 0.15) is 5.82 Å². The van der Waals surface area contributed by atoms with Crippen LogP contribution in [0.3, 0.4) is 0 Å². The van der Waals surface area contributed by atoms with Gasteiger partial charge in [0.25, 0.3) is 0 Å². The number of imidazole rings is 1. The van der Waals surface area contributed by atoms with Gasteiger partial charge in [0.2, 0.25) is 0 Å². The molecule has 0 unspecified atom stereocenters. The minimum absolute atomic E-state index is 0.0525. The van der Waals surface area contributed by atoms with Crippen LogP contribution in [0.4, 0.5) is 4.39 Å². The van der Waals surface area contributed by atoms with Gasteiger partial charge in [-0.15, -0.1) is 0 Å². The van der Waals surface area contributed by atoms with Crippen molar-refractivity contribution in [2.75, 3.05) is 5.75 Å². The highest BCUT2D eigenvalue weighted by Gasteiger charge is 2.37. The second-order valence-electron chi connectivity index (χ2n) is 5.52. The molecule has 1 N–H and O–H groups in total. The van der Waals surface area contributed by atoms with Crippen molar-refractivity contribution in [2.24, 2.45) is 0 Å². The molecule has 0 radical (unpaired) electrons. The predicted octanol–water partition coefficient (Wildman–Crippen LogP) is 4.01. The molecule has 4 nitrogen and oxygen atoms in total. The zero-order chi connectivity index (χ0) is 15.2. The Labute approximate surface area is 133 Å². The van der Waals surface area contributed by atoms with E-state index in [0.717, 1.165) is 24.8 Å². The Morgan fingerprint density at radius 2 is 2.29 bits per heavy atom. The van der Waals surface area contributed by atoms with E-state index in [-0.39, 0.29) is 17.1 Å². The number of hydrogen-bond donors (Lipinski definition) is 1. The number of aliphatic carboxylic acids is 1. The van der Waals surface area contributed by atoms with Gasteiger partial charge in [-0.05, 0) is 48.2 Å². The molecular formula is C14H14BrFN2O2S. The molecule has 7 heteroatoms. The van der Waals surface area contributed by atoms with Crippen molar-refractivity contribution in [3.8, 4) is 0 Å². The molecule has 1 aromatic carbocycles. The molecule has 1 aliphatic carbocycles. The van der Waals surface area contributed by atoms with Crippen LogP contribution in [0.25, 0.3) is 11.0 Å². The third-order valence-corrected chi connectivity index (χ3v) is 5.49. The molecule has 3 rings (SSSR count). The third-order valence-electron chi connectivity index (χ3n) is 3.96. The molecule has 1 aromatic heterocycles. The maximum atomic E-state index is 13.7. The zero-order valence-electron chi connectivity index (χ0n) is 11.4. The summed E-state index contributed by atoms with van der Waals surface area (Å²) in [6, 6.07) is 3.12. The van der Waals surface area contributed by atoms with E-state index in [1.165, 1.54) is 17.8 Å². The van der Waals surface area contributed by atoms with Crippen molar-refractivity contribution in [2.45, 2.75) is 36.9 Å². The summed E-state index contributed by atoms with van der Waals surface area (Å²) in [4.78, 5) is 15.3. The second-order valence-corrected chi connectivity index (χ2v) is 7.31. The van der Waals surface area contributed by atoms with Crippen LogP contribution < -0.4 is 0 Å². The topological polar surface area (TPSA) is 55.1 Å². The van der Waals surface area contributed by atoms with Crippen LogP contribution in [0, 0.1) is 5.82 Å². The number of nitrogens with zero attached hydrogens (tertiary/aromatic N) is 2. The van der Waals surface area contributed by atoms with Crippen LogP contribution >= 0.6 is 27.7 Å². The molecule has 0 atom stereocenters. The first-order chi connectivity index (χ1) is 9.90. The fraction of sp³-hybridized carbons (Fsp3) is 0.429. The number of benzene rings is 1. The van der Waals surface area contributed by atoms with Crippen molar-refractivity contribution in [1.29, 1.82) is 0 Å². The monoisotopic (exact) mass is 372 g/mol. The number of halogens is 2. The lowest BCUT2D eigenvalue weighted by Gasteiger charge is -2.41. The first-order valence-electron chi connectivity index (χ1n) is 6.63. The highest BCUT2D eigenvalue weighted by atomic mass is 79.9. The highest BCUT2D eigenvalue weighted by molar-refractivity contribution is 9.10. The summed E-state index contributed by atoms with van der Waals surface area (Å²) in [5.74, 6) is -1.30.